The molecule has 0 aliphatic rings. The van der Waals surface area contributed by atoms with E-state index in [1.807, 2.05) is 12.1 Å². The monoisotopic (exact) mass is 490 g/mol. The van der Waals surface area contributed by atoms with Crippen LogP contribution in [0.15, 0.2) is 49.6 Å². The Kier molecular flexibility index (Phi) is 11.7. The van der Waals surface area contributed by atoms with Crippen LogP contribution in [0.4, 0.5) is 10.5 Å². The third-order valence-corrected chi connectivity index (χ3v) is 10.0. The standard InChI is InChI=1S/C25H38N2O6Si/c1-8-16-31-22(28)15-14-21(23(29)32-17-9-2)27-24(30)26-20-12-10-19(11-13-20)18-33-34(6,7)25(3,4)5/h8-13,21H,1-2,14-18H2,3-7H3,(H2,26,27,30). The van der Waals surface area contributed by atoms with E-state index in [2.05, 4.69) is 57.7 Å². The summed E-state index contributed by atoms with van der Waals surface area (Å²) in [6.45, 7) is 18.5. The second-order valence-electron chi connectivity index (χ2n) is 9.33. The number of carbonyl (C=O) groups is 3. The Bertz CT molecular complexity index is 846. The smallest absolute Gasteiger partial charge is 0.329 e. The first-order valence-corrected chi connectivity index (χ1v) is 14.1. The van der Waals surface area contributed by atoms with Crippen molar-refractivity contribution in [2.24, 2.45) is 0 Å². The van der Waals surface area contributed by atoms with Gasteiger partial charge in [0.25, 0.3) is 0 Å². The SMILES string of the molecule is C=CCOC(=O)CCC(NC(=O)Nc1ccc(CO[Si](C)(C)C(C)(C)C)cc1)C(=O)OCC=C. The number of hydrogen-bond acceptors (Lipinski definition) is 6. The van der Waals surface area contributed by atoms with Gasteiger partial charge < -0.3 is 24.5 Å². The zero-order chi connectivity index (χ0) is 25.8. The van der Waals surface area contributed by atoms with Crippen molar-refractivity contribution in [3.8, 4) is 0 Å². The zero-order valence-electron chi connectivity index (χ0n) is 20.9. The highest BCUT2D eigenvalue weighted by Crippen LogP contribution is 2.37. The molecule has 0 saturated heterocycles. The average Bonchev–Trinajstić information content (AvgIpc) is 2.77. The number of carbonyl (C=O) groups excluding carboxylic acids is 3. The number of ether oxygens (including phenoxy) is 2. The van der Waals surface area contributed by atoms with Gasteiger partial charge in [0.15, 0.2) is 8.32 Å². The topological polar surface area (TPSA) is 103 Å². The molecule has 1 aromatic rings. The molecule has 0 radical (unpaired) electrons. The molecular formula is C25H38N2O6Si. The summed E-state index contributed by atoms with van der Waals surface area (Å²) >= 11 is 0. The number of nitrogens with one attached hydrogen (secondary N) is 2. The molecule has 1 rings (SSSR count). The van der Waals surface area contributed by atoms with Crippen LogP contribution in [-0.2, 0) is 30.1 Å². The number of urea groups is 1. The van der Waals surface area contributed by atoms with Gasteiger partial charge in [-0.2, -0.15) is 0 Å². The Morgan fingerprint density at radius 2 is 1.62 bits per heavy atom. The molecule has 1 aromatic carbocycles. The van der Waals surface area contributed by atoms with E-state index in [0.29, 0.717) is 12.3 Å². The Labute approximate surface area is 203 Å². The van der Waals surface area contributed by atoms with E-state index in [1.54, 1.807) is 12.1 Å². The second kappa shape index (κ2) is 13.7. The van der Waals surface area contributed by atoms with Crippen LogP contribution in [0.1, 0.15) is 39.2 Å². The fraction of sp³-hybridized carbons (Fsp3) is 0.480. The fourth-order valence-electron chi connectivity index (χ4n) is 2.47. The summed E-state index contributed by atoms with van der Waals surface area (Å²) in [4.78, 5) is 36.5. The molecule has 2 N–H and O–H groups in total. The molecule has 0 bridgehead atoms. The van der Waals surface area contributed by atoms with E-state index in [1.165, 1.54) is 12.2 Å². The third kappa shape index (κ3) is 10.3. The van der Waals surface area contributed by atoms with Crippen molar-refractivity contribution >= 4 is 32.0 Å². The van der Waals surface area contributed by atoms with Crippen LogP contribution in [-0.4, -0.2) is 45.5 Å². The van der Waals surface area contributed by atoms with Crippen molar-refractivity contribution < 1.29 is 28.3 Å². The predicted molar refractivity (Wildman–Crippen MR) is 136 cm³/mol. The highest BCUT2D eigenvalue weighted by Gasteiger charge is 2.37. The van der Waals surface area contributed by atoms with E-state index >= 15 is 0 Å². The maximum Gasteiger partial charge on any atom is 0.329 e. The lowest BCUT2D eigenvalue weighted by Gasteiger charge is -2.36. The maximum atomic E-state index is 12.5. The van der Waals surface area contributed by atoms with Crippen LogP contribution < -0.4 is 10.6 Å². The molecule has 8 nitrogen and oxygen atoms in total. The van der Waals surface area contributed by atoms with Crippen molar-refractivity contribution in [1.82, 2.24) is 5.32 Å². The summed E-state index contributed by atoms with van der Waals surface area (Å²) < 4.78 is 16.2. The molecule has 0 aliphatic carbocycles. The molecule has 188 valence electrons. The highest BCUT2D eigenvalue weighted by molar-refractivity contribution is 6.74. The Morgan fingerprint density at radius 3 is 2.18 bits per heavy atom. The van der Waals surface area contributed by atoms with Crippen molar-refractivity contribution in [3.05, 3.63) is 55.1 Å². The largest absolute Gasteiger partial charge is 0.461 e. The first kappa shape index (κ1) is 29.1. The first-order chi connectivity index (χ1) is 15.9. The van der Waals surface area contributed by atoms with E-state index in [-0.39, 0.29) is 31.1 Å². The van der Waals surface area contributed by atoms with Crippen molar-refractivity contribution in [2.75, 3.05) is 18.5 Å². The van der Waals surface area contributed by atoms with Crippen molar-refractivity contribution in [2.45, 2.75) is 64.4 Å². The van der Waals surface area contributed by atoms with Gasteiger partial charge in [-0.1, -0.05) is 58.2 Å². The number of esters is 2. The molecule has 0 spiro atoms. The molecule has 2 amide bonds. The number of amides is 2. The van der Waals surface area contributed by atoms with Crippen molar-refractivity contribution in [3.63, 3.8) is 0 Å². The quantitative estimate of drug-likeness (QED) is 0.231. The molecule has 0 saturated carbocycles. The number of rotatable bonds is 13. The number of hydrogen-bond donors (Lipinski definition) is 2. The van der Waals surface area contributed by atoms with Gasteiger partial charge in [-0.3, -0.25) is 4.79 Å². The van der Waals surface area contributed by atoms with Gasteiger partial charge >= 0.3 is 18.0 Å². The van der Waals surface area contributed by atoms with Gasteiger partial charge in [0, 0.05) is 12.1 Å². The highest BCUT2D eigenvalue weighted by atomic mass is 28.4. The maximum absolute atomic E-state index is 12.5. The summed E-state index contributed by atoms with van der Waals surface area (Å²) in [5, 5.41) is 5.37. The normalized spacial score (nSPS) is 12.3. The minimum atomic E-state index is -1.86. The van der Waals surface area contributed by atoms with Gasteiger partial charge in [-0.15, -0.1) is 0 Å². The summed E-state index contributed by atoms with van der Waals surface area (Å²) in [7, 11) is -1.86. The lowest BCUT2D eigenvalue weighted by molar-refractivity contribution is -0.146. The van der Waals surface area contributed by atoms with Gasteiger partial charge in [0.2, 0.25) is 0 Å². The third-order valence-electron chi connectivity index (χ3n) is 5.55. The van der Waals surface area contributed by atoms with Gasteiger partial charge in [0.05, 0.1) is 6.61 Å². The molecule has 9 heteroatoms. The van der Waals surface area contributed by atoms with Crippen LogP contribution in [0.5, 0.6) is 0 Å². The molecule has 34 heavy (non-hydrogen) atoms. The molecule has 0 aliphatic heterocycles. The lowest BCUT2D eigenvalue weighted by atomic mass is 10.1. The molecule has 0 aromatic heterocycles. The Balaban J connectivity index is 2.69. The minimum absolute atomic E-state index is 0.00203. The minimum Gasteiger partial charge on any atom is -0.461 e. The zero-order valence-corrected chi connectivity index (χ0v) is 21.9. The van der Waals surface area contributed by atoms with Crippen LogP contribution >= 0.6 is 0 Å². The molecular weight excluding hydrogens is 452 g/mol. The van der Waals surface area contributed by atoms with Crippen molar-refractivity contribution in [1.29, 1.82) is 0 Å². The van der Waals surface area contributed by atoms with Gasteiger partial charge in [0.1, 0.15) is 19.3 Å². The number of anilines is 1. The molecule has 0 fully saturated rings. The van der Waals surface area contributed by atoms with Crippen LogP contribution in [0.2, 0.25) is 18.1 Å². The van der Waals surface area contributed by atoms with Crippen LogP contribution in [0.3, 0.4) is 0 Å². The number of benzene rings is 1. The Hall–Kier alpha value is -2.91. The van der Waals surface area contributed by atoms with Gasteiger partial charge in [-0.25, -0.2) is 9.59 Å². The van der Waals surface area contributed by atoms with Crippen LogP contribution in [0, 0.1) is 0 Å². The summed E-state index contributed by atoms with van der Waals surface area (Å²) in [5.74, 6) is -1.16. The average molecular weight is 491 g/mol. The molecule has 0 heterocycles. The predicted octanol–water partition coefficient (Wildman–Crippen LogP) is 4.94. The second-order valence-corrected chi connectivity index (χ2v) is 14.1. The summed E-state index contributed by atoms with van der Waals surface area (Å²) in [5.41, 5.74) is 1.55. The van der Waals surface area contributed by atoms with E-state index < -0.39 is 32.3 Å². The fourth-order valence-corrected chi connectivity index (χ4v) is 3.43. The van der Waals surface area contributed by atoms with E-state index in [9.17, 15) is 14.4 Å². The first-order valence-electron chi connectivity index (χ1n) is 11.2. The van der Waals surface area contributed by atoms with Gasteiger partial charge in [-0.05, 0) is 42.2 Å². The Morgan fingerprint density at radius 1 is 1.03 bits per heavy atom. The molecule has 1 unspecified atom stereocenters. The van der Waals surface area contributed by atoms with E-state index in [4.69, 9.17) is 13.9 Å². The summed E-state index contributed by atoms with van der Waals surface area (Å²) in [6, 6.07) is 5.68. The van der Waals surface area contributed by atoms with E-state index in [0.717, 1.165) is 5.56 Å². The van der Waals surface area contributed by atoms with Crippen LogP contribution in [0.25, 0.3) is 0 Å². The summed E-state index contributed by atoms with van der Waals surface area (Å²) in [6.07, 6.45) is 2.84. The molecule has 1 atom stereocenters. The lowest BCUT2D eigenvalue weighted by Crippen LogP contribution is -2.44.